The third-order valence-electron chi connectivity index (χ3n) is 2.10. The molecule has 0 radical (unpaired) electrons. The second kappa shape index (κ2) is 5.12. The fourth-order valence-corrected chi connectivity index (χ4v) is 1.59. The maximum absolute atomic E-state index is 13.3. The van der Waals surface area contributed by atoms with Crippen LogP contribution in [0, 0.1) is 12.7 Å². The van der Waals surface area contributed by atoms with E-state index < -0.39 is 11.3 Å². The number of rotatable bonds is 4. The summed E-state index contributed by atoms with van der Waals surface area (Å²) in [7, 11) is 0. The molecule has 0 spiro atoms. The average molecular weight is 231 g/mol. The quantitative estimate of drug-likeness (QED) is 0.806. The lowest BCUT2D eigenvalue weighted by Gasteiger charge is -2.10. The van der Waals surface area contributed by atoms with E-state index in [1.54, 1.807) is 12.1 Å². The highest BCUT2D eigenvalue weighted by Gasteiger charge is 2.14. The molecule has 1 aromatic rings. The van der Waals surface area contributed by atoms with Gasteiger partial charge in [-0.3, -0.25) is 4.79 Å². The predicted octanol–water partition coefficient (Wildman–Crippen LogP) is 3.28. The molecule has 15 heavy (non-hydrogen) atoms. The normalized spacial score (nSPS) is 12.5. The van der Waals surface area contributed by atoms with Gasteiger partial charge < -0.3 is 5.11 Å². The molecule has 0 heterocycles. The number of aryl methyl sites for hydroxylation is 1. The number of carbonyl (C=O) groups is 1. The molecule has 0 aliphatic rings. The molecule has 0 amide bonds. The zero-order chi connectivity index (χ0) is 11.4. The smallest absolute Gasteiger partial charge is 0.303 e. The average Bonchev–Trinajstić information content (AvgIpc) is 2.18. The van der Waals surface area contributed by atoms with Gasteiger partial charge in [-0.1, -0.05) is 17.7 Å². The molecule has 2 nitrogen and oxygen atoms in total. The van der Waals surface area contributed by atoms with Crippen molar-refractivity contribution >= 4 is 17.6 Å². The summed E-state index contributed by atoms with van der Waals surface area (Å²) in [6, 6.07) is 4.65. The molecule has 82 valence electrons. The highest BCUT2D eigenvalue weighted by molar-refractivity contribution is 6.20. The first-order valence-electron chi connectivity index (χ1n) is 4.62. The largest absolute Gasteiger partial charge is 0.481 e. The van der Waals surface area contributed by atoms with Crippen molar-refractivity contribution in [3.05, 3.63) is 35.1 Å². The van der Waals surface area contributed by atoms with Gasteiger partial charge in [0.1, 0.15) is 5.82 Å². The fourth-order valence-electron chi connectivity index (χ4n) is 1.31. The number of aliphatic carboxylic acids is 1. The number of halogens is 2. The van der Waals surface area contributed by atoms with Crippen molar-refractivity contribution in [2.24, 2.45) is 0 Å². The molecular weight excluding hydrogens is 219 g/mol. The summed E-state index contributed by atoms with van der Waals surface area (Å²) in [5, 5.41) is 7.90. The van der Waals surface area contributed by atoms with Crippen LogP contribution >= 0.6 is 11.6 Å². The molecule has 0 bridgehead atoms. The van der Waals surface area contributed by atoms with Crippen molar-refractivity contribution in [3.63, 3.8) is 0 Å². The number of benzene rings is 1. The van der Waals surface area contributed by atoms with E-state index in [9.17, 15) is 9.18 Å². The summed E-state index contributed by atoms with van der Waals surface area (Å²) in [6.45, 7) is 1.84. The van der Waals surface area contributed by atoms with Crippen LogP contribution in [0.5, 0.6) is 0 Å². The van der Waals surface area contributed by atoms with Gasteiger partial charge in [-0.15, -0.1) is 11.6 Å². The third-order valence-corrected chi connectivity index (χ3v) is 2.55. The van der Waals surface area contributed by atoms with Gasteiger partial charge in [-0.25, -0.2) is 4.39 Å². The maximum atomic E-state index is 13.3. The monoisotopic (exact) mass is 230 g/mol. The first-order chi connectivity index (χ1) is 7.00. The zero-order valence-electron chi connectivity index (χ0n) is 8.34. The molecule has 1 unspecified atom stereocenters. The highest BCUT2D eigenvalue weighted by atomic mass is 35.5. The maximum Gasteiger partial charge on any atom is 0.303 e. The van der Waals surface area contributed by atoms with Gasteiger partial charge in [0.25, 0.3) is 0 Å². The number of carboxylic acids is 1. The molecule has 0 aliphatic heterocycles. The molecule has 4 heteroatoms. The van der Waals surface area contributed by atoms with Crippen molar-refractivity contribution in [2.75, 3.05) is 0 Å². The highest BCUT2D eigenvalue weighted by Crippen LogP contribution is 2.28. The SMILES string of the molecule is Cc1ccc(F)c(C(Cl)CCC(=O)O)c1. The first kappa shape index (κ1) is 12.0. The minimum Gasteiger partial charge on any atom is -0.481 e. The minimum atomic E-state index is -0.922. The van der Waals surface area contributed by atoms with Crippen molar-refractivity contribution < 1.29 is 14.3 Å². The van der Waals surface area contributed by atoms with E-state index in [0.29, 0.717) is 5.56 Å². The molecular formula is C11H12ClFO2. The summed E-state index contributed by atoms with van der Waals surface area (Å²) in [6.07, 6.45) is 0.179. The summed E-state index contributed by atoms with van der Waals surface area (Å²) >= 11 is 5.92. The summed E-state index contributed by atoms with van der Waals surface area (Å²) < 4.78 is 13.3. The Hall–Kier alpha value is -1.09. The molecule has 0 saturated carbocycles. The van der Waals surface area contributed by atoms with E-state index >= 15 is 0 Å². The van der Waals surface area contributed by atoms with Crippen LogP contribution in [0.4, 0.5) is 4.39 Å². The number of hydrogen-bond acceptors (Lipinski definition) is 1. The topological polar surface area (TPSA) is 37.3 Å². The van der Waals surface area contributed by atoms with Crippen molar-refractivity contribution in [2.45, 2.75) is 25.1 Å². The van der Waals surface area contributed by atoms with Crippen molar-refractivity contribution in [1.82, 2.24) is 0 Å². The fraction of sp³-hybridized carbons (Fsp3) is 0.364. The second-order valence-corrected chi connectivity index (χ2v) is 3.95. The van der Waals surface area contributed by atoms with Crippen LogP contribution in [0.25, 0.3) is 0 Å². The second-order valence-electron chi connectivity index (χ2n) is 3.42. The van der Waals surface area contributed by atoms with E-state index in [2.05, 4.69) is 0 Å². The Morgan fingerprint density at radius 2 is 2.27 bits per heavy atom. The van der Waals surface area contributed by atoms with Crippen LogP contribution in [-0.4, -0.2) is 11.1 Å². The van der Waals surface area contributed by atoms with Crippen molar-refractivity contribution in [1.29, 1.82) is 0 Å². The van der Waals surface area contributed by atoms with Gasteiger partial charge >= 0.3 is 5.97 Å². The molecule has 1 N–H and O–H groups in total. The number of alkyl halides is 1. The molecule has 0 aromatic heterocycles. The predicted molar refractivity (Wildman–Crippen MR) is 56.6 cm³/mol. The van der Waals surface area contributed by atoms with Crippen molar-refractivity contribution in [3.8, 4) is 0 Å². The van der Waals surface area contributed by atoms with E-state index in [1.807, 2.05) is 6.92 Å². The Morgan fingerprint density at radius 1 is 1.60 bits per heavy atom. The van der Waals surface area contributed by atoms with Crippen LogP contribution in [0.2, 0.25) is 0 Å². The van der Waals surface area contributed by atoms with Crippen LogP contribution in [0.3, 0.4) is 0 Å². The summed E-state index contributed by atoms with van der Waals surface area (Å²) in [5.41, 5.74) is 1.28. The first-order valence-corrected chi connectivity index (χ1v) is 5.06. The Kier molecular flexibility index (Phi) is 4.09. The van der Waals surface area contributed by atoms with E-state index in [4.69, 9.17) is 16.7 Å². The Bertz CT molecular complexity index is 366. The summed E-state index contributed by atoms with van der Waals surface area (Å²) in [5.74, 6) is -1.31. The van der Waals surface area contributed by atoms with E-state index in [0.717, 1.165) is 5.56 Å². The van der Waals surface area contributed by atoms with Gasteiger partial charge in [-0.05, 0) is 19.4 Å². The lowest BCUT2D eigenvalue weighted by Crippen LogP contribution is -2.00. The number of hydrogen-bond donors (Lipinski definition) is 1. The molecule has 0 fully saturated rings. The van der Waals surface area contributed by atoms with Crippen LogP contribution in [0.1, 0.15) is 29.3 Å². The van der Waals surface area contributed by atoms with Crippen LogP contribution in [-0.2, 0) is 4.79 Å². The molecule has 1 atom stereocenters. The number of carboxylic acid groups (broad SMARTS) is 1. The van der Waals surface area contributed by atoms with Gasteiger partial charge in [0, 0.05) is 12.0 Å². The van der Waals surface area contributed by atoms with Crippen LogP contribution < -0.4 is 0 Å². The minimum absolute atomic E-state index is 0.0540. The van der Waals surface area contributed by atoms with Gasteiger partial charge in [0.05, 0.1) is 5.38 Å². The summed E-state index contributed by atoms with van der Waals surface area (Å²) in [4.78, 5) is 10.3. The lowest BCUT2D eigenvalue weighted by molar-refractivity contribution is -0.137. The lowest BCUT2D eigenvalue weighted by atomic mass is 10.0. The Morgan fingerprint density at radius 3 is 2.87 bits per heavy atom. The molecule has 0 aliphatic carbocycles. The van der Waals surface area contributed by atoms with Gasteiger partial charge in [0.15, 0.2) is 0 Å². The van der Waals surface area contributed by atoms with E-state index in [1.165, 1.54) is 6.07 Å². The van der Waals surface area contributed by atoms with E-state index in [-0.39, 0.29) is 18.7 Å². The zero-order valence-corrected chi connectivity index (χ0v) is 9.09. The van der Waals surface area contributed by atoms with Gasteiger partial charge in [-0.2, -0.15) is 0 Å². The Labute approximate surface area is 92.7 Å². The van der Waals surface area contributed by atoms with Gasteiger partial charge in [0.2, 0.25) is 0 Å². The standard InChI is InChI=1S/C11H12ClFO2/c1-7-2-4-10(13)8(6-7)9(12)3-5-11(14)15/h2,4,6,9H,3,5H2,1H3,(H,14,15). The third kappa shape index (κ3) is 3.51. The Balaban J connectivity index is 2.76. The molecule has 1 rings (SSSR count). The molecule has 1 aromatic carbocycles. The molecule has 0 saturated heterocycles. The van der Waals surface area contributed by atoms with Crippen LogP contribution in [0.15, 0.2) is 18.2 Å².